The number of morpholine rings is 1. The number of nitrogens with zero attached hydrogens (tertiary/aromatic N) is 4. The number of amides is 2. The fourth-order valence-electron chi connectivity index (χ4n) is 3.19. The van der Waals surface area contributed by atoms with Crippen LogP contribution < -0.4 is 10.2 Å². The van der Waals surface area contributed by atoms with Crippen LogP contribution in [0.5, 0.6) is 0 Å². The fraction of sp³-hybridized carbons (Fsp3) is 0.450. The molecule has 0 aliphatic carbocycles. The second kappa shape index (κ2) is 8.81. The summed E-state index contributed by atoms with van der Waals surface area (Å²) >= 11 is 0. The maximum absolute atomic E-state index is 12.3. The van der Waals surface area contributed by atoms with Gasteiger partial charge in [-0.1, -0.05) is 12.1 Å². The Morgan fingerprint density at radius 3 is 2.63 bits per heavy atom. The lowest BCUT2D eigenvalue weighted by atomic mass is 10.2. The zero-order valence-electron chi connectivity index (χ0n) is 16.1. The highest BCUT2D eigenvalue weighted by molar-refractivity contribution is 5.73. The number of carbonyl (C=O) groups is 1. The number of pyridine rings is 2. The molecule has 1 aliphatic rings. The first-order valence-electron chi connectivity index (χ1n) is 9.25. The molecule has 0 aromatic carbocycles. The minimum atomic E-state index is -0.138. The van der Waals surface area contributed by atoms with E-state index in [0.717, 1.165) is 30.2 Å². The van der Waals surface area contributed by atoms with Crippen molar-refractivity contribution in [3.8, 4) is 0 Å². The van der Waals surface area contributed by atoms with Crippen molar-refractivity contribution in [1.82, 2.24) is 20.2 Å². The Morgan fingerprint density at radius 1 is 1.22 bits per heavy atom. The van der Waals surface area contributed by atoms with Gasteiger partial charge in [0.1, 0.15) is 5.82 Å². The van der Waals surface area contributed by atoms with E-state index in [1.807, 2.05) is 36.5 Å². The Labute approximate surface area is 160 Å². The Morgan fingerprint density at radius 2 is 2.00 bits per heavy atom. The summed E-state index contributed by atoms with van der Waals surface area (Å²) in [6.45, 7) is 6.74. The quantitative estimate of drug-likeness (QED) is 0.877. The van der Waals surface area contributed by atoms with Gasteiger partial charge in [0.05, 0.1) is 24.4 Å². The molecule has 0 bridgehead atoms. The van der Waals surface area contributed by atoms with E-state index in [1.54, 1.807) is 18.1 Å². The summed E-state index contributed by atoms with van der Waals surface area (Å²) in [6, 6.07) is 9.55. The number of ether oxygens (including phenoxy) is 1. The highest BCUT2D eigenvalue weighted by atomic mass is 16.5. The van der Waals surface area contributed by atoms with Crippen molar-refractivity contribution >= 4 is 11.8 Å². The summed E-state index contributed by atoms with van der Waals surface area (Å²) in [5.74, 6) is 0.944. The monoisotopic (exact) mass is 369 g/mol. The Bertz CT molecular complexity index is 728. The molecule has 0 saturated carbocycles. The first kappa shape index (κ1) is 19.1. The number of carbonyl (C=O) groups excluding carboxylic acids is 1. The van der Waals surface area contributed by atoms with Crippen molar-refractivity contribution in [2.24, 2.45) is 0 Å². The first-order chi connectivity index (χ1) is 13.0. The van der Waals surface area contributed by atoms with Gasteiger partial charge in [0, 0.05) is 39.1 Å². The van der Waals surface area contributed by atoms with Crippen molar-refractivity contribution in [1.29, 1.82) is 0 Å². The maximum atomic E-state index is 12.3. The second-order valence-electron chi connectivity index (χ2n) is 7.02. The minimum Gasteiger partial charge on any atom is -0.372 e. The van der Waals surface area contributed by atoms with Crippen LogP contribution in [-0.2, 0) is 17.8 Å². The van der Waals surface area contributed by atoms with Gasteiger partial charge in [0.2, 0.25) is 0 Å². The molecule has 0 radical (unpaired) electrons. The third-order valence-electron chi connectivity index (χ3n) is 4.47. The number of hydrogen-bond acceptors (Lipinski definition) is 5. The molecule has 7 nitrogen and oxygen atoms in total. The summed E-state index contributed by atoms with van der Waals surface area (Å²) in [5, 5.41) is 2.92. The van der Waals surface area contributed by atoms with Gasteiger partial charge in [0.15, 0.2) is 0 Å². The molecule has 2 atom stereocenters. The third kappa shape index (κ3) is 5.40. The van der Waals surface area contributed by atoms with Crippen LogP contribution in [0.2, 0.25) is 0 Å². The van der Waals surface area contributed by atoms with Gasteiger partial charge in [-0.3, -0.25) is 4.98 Å². The van der Waals surface area contributed by atoms with Crippen molar-refractivity contribution < 1.29 is 9.53 Å². The number of urea groups is 1. The summed E-state index contributed by atoms with van der Waals surface area (Å²) < 4.78 is 5.77. The smallest absolute Gasteiger partial charge is 0.317 e. The fourth-order valence-corrected chi connectivity index (χ4v) is 3.19. The van der Waals surface area contributed by atoms with Gasteiger partial charge >= 0.3 is 6.03 Å². The number of hydrogen-bond donors (Lipinski definition) is 1. The molecule has 1 aliphatic heterocycles. The number of rotatable bonds is 5. The van der Waals surface area contributed by atoms with Gasteiger partial charge in [0.25, 0.3) is 0 Å². The van der Waals surface area contributed by atoms with E-state index in [-0.39, 0.29) is 18.2 Å². The molecule has 27 heavy (non-hydrogen) atoms. The van der Waals surface area contributed by atoms with Gasteiger partial charge in [-0.05, 0) is 37.6 Å². The van der Waals surface area contributed by atoms with Gasteiger partial charge in [-0.15, -0.1) is 0 Å². The average Bonchev–Trinajstić information content (AvgIpc) is 2.66. The molecule has 2 aromatic heterocycles. The molecule has 2 unspecified atom stereocenters. The third-order valence-corrected chi connectivity index (χ3v) is 4.47. The Kier molecular flexibility index (Phi) is 6.24. The summed E-state index contributed by atoms with van der Waals surface area (Å²) in [5.41, 5.74) is 1.82. The standard InChI is InChI=1S/C20H27N5O2/c1-15-12-25(13-16(2)27-15)19-8-7-17(10-22-19)11-23-20(26)24(3)14-18-6-4-5-9-21-18/h4-10,15-16H,11-14H2,1-3H3,(H,23,26). The largest absolute Gasteiger partial charge is 0.372 e. The van der Waals surface area contributed by atoms with Crippen molar-refractivity contribution in [3.63, 3.8) is 0 Å². The molecule has 3 rings (SSSR count). The van der Waals surface area contributed by atoms with Crippen LogP contribution in [0.4, 0.5) is 10.6 Å². The maximum Gasteiger partial charge on any atom is 0.317 e. The van der Waals surface area contributed by atoms with Gasteiger partial charge < -0.3 is 19.9 Å². The Hall–Kier alpha value is -2.67. The molecule has 0 spiro atoms. The SMILES string of the molecule is CC1CN(c2ccc(CNC(=O)N(C)Cc3ccccn3)cn2)CC(C)O1. The second-order valence-corrected chi connectivity index (χ2v) is 7.02. The minimum absolute atomic E-state index is 0.138. The topological polar surface area (TPSA) is 70.6 Å². The van der Waals surface area contributed by atoms with E-state index in [2.05, 4.69) is 34.0 Å². The summed E-state index contributed by atoms with van der Waals surface area (Å²) in [6.07, 6.45) is 3.94. The molecule has 1 fully saturated rings. The van der Waals surface area contributed by atoms with E-state index in [0.29, 0.717) is 13.1 Å². The van der Waals surface area contributed by atoms with Crippen LogP contribution in [0.1, 0.15) is 25.1 Å². The molecule has 2 aromatic rings. The van der Waals surface area contributed by atoms with Crippen LogP contribution in [0.25, 0.3) is 0 Å². The molecule has 144 valence electrons. The lowest BCUT2D eigenvalue weighted by Crippen LogP contribution is -2.45. The molecule has 1 N–H and O–H groups in total. The van der Waals surface area contributed by atoms with Crippen LogP contribution in [-0.4, -0.2) is 53.2 Å². The molecule has 7 heteroatoms. The zero-order chi connectivity index (χ0) is 19.2. The highest BCUT2D eigenvalue weighted by Gasteiger charge is 2.23. The van der Waals surface area contributed by atoms with Crippen LogP contribution in [0.3, 0.4) is 0 Å². The van der Waals surface area contributed by atoms with Gasteiger partial charge in [-0.25, -0.2) is 9.78 Å². The number of aromatic nitrogens is 2. The predicted octanol–water partition coefficient (Wildman–Crippen LogP) is 2.43. The summed E-state index contributed by atoms with van der Waals surface area (Å²) in [4.78, 5) is 24.9. The molecule has 1 saturated heterocycles. The van der Waals surface area contributed by atoms with E-state index in [9.17, 15) is 4.79 Å². The van der Waals surface area contributed by atoms with E-state index >= 15 is 0 Å². The van der Waals surface area contributed by atoms with Gasteiger partial charge in [-0.2, -0.15) is 0 Å². The van der Waals surface area contributed by atoms with Crippen molar-refractivity contribution in [3.05, 3.63) is 54.0 Å². The average molecular weight is 369 g/mol. The lowest BCUT2D eigenvalue weighted by Gasteiger charge is -2.36. The molecule has 2 amide bonds. The molecule has 3 heterocycles. The molecular formula is C20H27N5O2. The number of anilines is 1. The van der Waals surface area contributed by atoms with E-state index in [1.165, 1.54) is 0 Å². The summed E-state index contributed by atoms with van der Waals surface area (Å²) in [7, 11) is 1.76. The predicted molar refractivity (Wildman–Crippen MR) is 104 cm³/mol. The number of nitrogens with one attached hydrogen (secondary N) is 1. The van der Waals surface area contributed by atoms with Crippen LogP contribution in [0.15, 0.2) is 42.7 Å². The normalized spacial score (nSPS) is 19.6. The molecular weight excluding hydrogens is 342 g/mol. The zero-order valence-corrected chi connectivity index (χ0v) is 16.1. The highest BCUT2D eigenvalue weighted by Crippen LogP contribution is 2.18. The van der Waals surface area contributed by atoms with Crippen LogP contribution >= 0.6 is 0 Å². The van der Waals surface area contributed by atoms with Crippen LogP contribution in [0, 0.1) is 0 Å². The van der Waals surface area contributed by atoms with Crippen molar-refractivity contribution in [2.75, 3.05) is 25.0 Å². The van der Waals surface area contributed by atoms with E-state index < -0.39 is 0 Å². The Balaban J connectivity index is 1.50. The first-order valence-corrected chi connectivity index (χ1v) is 9.25. The van der Waals surface area contributed by atoms with Crippen molar-refractivity contribution in [2.45, 2.75) is 39.1 Å². The van der Waals surface area contributed by atoms with E-state index in [4.69, 9.17) is 4.74 Å². The lowest BCUT2D eigenvalue weighted by molar-refractivity contribution is -0.00546.